The molecular weight excluding hydrogens is 382 g/mol. The molecule has 2 aromatic rings. The number of amides is 1. The number of piperidine rings is 1. The Morgan fingerprint density at radius 3 is 2.43 bits per heavy atom. The van der Waals surface area contributed by atoms with Gasteiger partial charge in [-0.05, 0) is 42.7 Å². The molecular formula is C23H29N3O4. The number of esters is 1. The van der Waals surface area contributed by atoms with Crippen molar-refractivity contribution in [3.8, 4) is 0 Å². The Labute approximate surface area is 177 Å². The summed E-state index contributed by atoms with van der Waals surface area (Å²) >= 11 is 0. The summed E-state index contributed by atoms with van der Waals surface area (Å²) in [6.45, 7) is 3.73. The van der Waals surface area contributed by atoms with E-state index in [0.717, 1.165) is 38.0 Å². The molecule has 0 aliphatic carbocycles. The van der Waals surface area contributed by atoms with Crippen molar-refractivity contribution in [3.05, 3.63) is 65.5 Å². The number of nitrogens with zero attached hydrogens (tertiary/aromatic N) is 3. The van der Waals surface area contributed by atoms with Gasteiger partial charge < -0.3 is 14.4 Å². The van der Waals surface area contributed by atoms with Gasteiger partial charge >= 0.3 is 5.97 Å². The summed E-state index contributed by atoms with van der Waals surface area (Å²) in [5.74, 6) is -0.311. The summed E-state index contributed by atoms with van der Waals surface area (Å²) in [6.07, 6.45) is 5.12. The van der Waals surface area contributed by atoms with Crippen LogP contribution in [0.5, 0.6) is 0 Å². The van der Waals surface area contributed by atoms with E-state index in [1.165, 1.54) is 7.11 Å². The van der Waals surface area contributed by atoms with Gasteiger partial charge in [-0.15, -0.1) is 0 Å². The summed E-state index contributed by atoms with van der Waals surface area (Å²) < 4.78 is 9.98. The minimum absolute atomic E-state index is 0.0111. The normalized spacial score (nSPS) is 15.0. The van der Waals surface area contributed by atoms with Crippen LogP contribution in [0.2, 0.25) is 0 Å². The smallest absolute Gasteiger partial charge is 0.337 e. The van der Waals surface area contributed by atoms with Crippen molar-refractivity contribution in [1.82, 2.24) is 14.8 Å². The van der Waals surface area contributed by atoms with Gasteiger partial charge in [-0.3, -0.25) is 14.7 Å². The predicted molar refractivity (Wildman–Crippen MR) is 113 cm³/mol. The number of pyridine rings is 1. The number of aromatic nitrogens is 1. The number of methoxy groups -OCH3 is 2. The fourth-order valence-electron chi connectivity index (χ4n) is 3.81. The maximum atomic E-state index is 13.0. The molecule has 0 radical (unpaired) electrons. The summed E-state index contributed by atoms with van der Waals surface area (Å²) in [7, 11) is 3.04. The third kappa shape index (κ3) is 5.64. The fraction of sp³-hybridized carbons (Fsp3) is 0.435. The second-order valence-corrected chi connectivity index (χ2v) is 7.43. The van der Waals surface area contributed by atoms with Crippen LogP contribution >= 0.6 is 0 Å². The third-order valence-electron chi connectivity index (χ3n) is 5.48. The summed E-state index contributed by atoms with van der Waals surface area (Å²) in [5.41, 5.74) is 2.33. The lowest BCUT2D eigenvalue weighted by molar-refractivity contribution is 0.0477. The number of carbonyl (C=O) groups is 2. The highest BCUT2D eigenvalue weighted by Gasteiger charge is 2.28. The van der Waals surface area contributed by atoms with Crippen LogP contribution in [0, 0.1) is 0 Å². The number of hydrogen-bond acceptors (Lipinski definition) is 6. The van der Waals surface area contributed by atoms with Gasteiger partial charge in [0.05, 0.1) is 24.8 Å². The first-order valence-corrected chi connectivity index (χ1v) is 10.2. The van der Waals surface area contributed by atoms with Crippen LogP contribution in [0.25, 0.3) is 0 Å². The van der Waals surface area contributed by atoms with E-state index >= 15 is 0 Å². The number of benzene rings is 1. The van der Waals surface area contributed by atoms with Crippen LogP contribution in [0.1, 0.15) is 39.1 Å². The zero-order valence-corrected chi connectivity index (χ0v) is 17.6. The SMILES string of the molecule is COCCN(C(=O)c1cccnc1)C1CCN(Cc2ccc(C(=O)OC)cc2)CC1. The molecule has 30 heavy (non-hydrogen) atoms. The van der Waals surface area contributed by atoms with E-state index in [1.54, 1.807) is 37.7 Å². The molecule has 1 saturated heterocycles. The maximum absolute atomic E-state index is 13.0. The zero-order chi connectivity index (χ0) is 21.3. The van der Waals surface area contributed by atoms with E-state index in [-0.39, 0.29) is 17.9 Å². The molecule has 1 aliphatic rings. The average molecular weight is 412 g/mol. The monoisotopic (exact) mass is 411 g/mol. The van der Waals surface area contributed by atoms with E-state index in [2.05, 4.69) is 9.88 Å². The Kier molecular flexibility index (Phi) is 7.93. The molecule has 7 nitrogen and oxygen atoms in total. The standard InChI is InChI=1S/C23H29N3O4/c1-29-15-14-26(22(27)20-4-3-11-24-16-20)21-9-12-25(13-10-21)17-18-5-7-19(8-6-18)23(28)30-2/h3-8,11,16,21H,9-10,12-15,17H2,1-2H3. The average Bonchev–Trinajstić information content (AvgIpc) is 2.80. The largest absolute Gasteiger partial charge is 0.465 e. The Hall–Kier alpha value is -2.77. The van der Waals surface area contributed by atoms with Crippen LogP contribution in [0.15, 0.2) is 48.8 Å². The molecule has 0 atom stereocenters. The van der Waals surface area contributed by atoms with Crippen LogP contribution in [-0.2, 0) is 16.0 Å². The molecule has 1 aromatic carbocycles. The summed E-state index contributed by atoms with van der Waals surface area (Å²) in [5, 5.41) is 0. The minimum Gasteiger partial charge on any atom is -0.465 e. The lowest BCUT2D eigenvalue weighted by atomic mass is 10.0. The Balaban J connectivity index is 1.58. The van der Waals surface area contributed by atoms with Gasteiger partial charge in [0.2, 0.25) is 0 Å². The van der Waals surface area contributed by atoms with Gasteiger partial charge in [-0.2, -0.15) is 0 Å². The Morgan fingerprint density at radius 1 is 1.10 bits per heavy atom. The number of ether oxygens (including phenoxy) is 2. The first-order chi connectivity index (χ1) is 14.6. The molecule has 1 fully saturated rings. The lowest BCUT2D eigenvalue weighted by Gasteiger charge is -2.38. The number of rotatable bonds is 8. The van der Waals surface area contributed by atoms with Gasteiger partial charge in [0.25, 0.3) is 5.91 Å². The topological polar surface area (TPSA) is 72.0 Å². The van der Waals surface area contributed by atoms with Crippen molar-refractivity contribution in [3.63, 3.8) is 0 Å². The predicted octanol–water partition coefficient (Wildman–Crippen LogP) is 2.62. The summed E-state index contributed by atoms with van der Waals surface area (Å²) in [4.78, 5) is 33.0. The fourth-order valence-corrected chi connectivity index (χ4v) is 3.81. The van der Waals surface area contributed by atoms with E-state index in [4.69, 9.17) is 9.47 Å². The first kappa shape index (κ1) is 21.9. The molecule has 160 valence electrons. The molecule has 0 saturated carbocycles. The van der Waals surface area contributed by atoms with Crippen LogP contribution in [0.4, 0.5) is 0 Å². The maximum Gasteiger partial charge on any atom is 0.337 e. The molecule has 7 heteroatoms. The second-order valence-electron chi connectivity index (χ2n) is 7.43. The molecule has 2 heterocycles. The highest BCUT2D eigenvalue weighted by Crippen LogP contribution is 2.20. The molecule has 1 aromatic heterocycles. The Bertz CT molecular complexity index is 818. The number of likely N-dealkylation sites (tertiary alicyclic amines) is 1. The van der Waals surface area contributed by atoms with Gasteiger partial charge in [0.15, 0.2) is 0 Å². The van der Waals surface area contributed by atoms with Crippen molar-refractivity contribution in [2.45, 2.75) is 25.4 Å². The van der Waals surface area contributed by atoms with Crippen molar-refractivity contribution < 1.29 is 19.1 Å². The van der Waals surface area contributed by atoms with E-state index in [0.29, 0.717) is 24.3 Å². The molecule has 0 unspecified atom stereocenters. The van der Waals surface area contributed by atoms with Gasteiger partial charge in [0.1, 0.15) is 0 Å². The number of hydrogen-bond donors (Lipinski definition) is 0. The molecule has 0 N–H and O–H groups in total. The molecule has 0 bridgehead atoms. The third-order valence-corrected chi connectivity index (χ3v) is 5.48. The van der Waals surface area contributed by atoms with Gasteiger partial charge in [0, 0.05) is 51.7 Å². The van der Waals surface area contributed by atoms with Crippen molar-refractivity contribution >= 4 is 11.9 Å². The van der Waals surface area contributed by atoms with Gasteiger partial charge in [-0.25, -0.2) is 4.79 Å². The minimum atomic E-state index is -0.322. The van der Waals surface area contributed by atoms with Crippen LogP contribution in [-0.4, -0.2) is 73.2 Å². The van der Waals surface area contributed by atoms with Crippen molar-refractivity contribution in [2.24, 2.45) is 0 Å². The Morgan fingerprint density at radius 2 is 1.83 bits per heavy atom. The van der Waals surface area contributed by atoms with Crippen molar-refractivity contribution in [2.75, 3.05) is 40.5 Å². The number of carbonyl (C=O) groups excluding carboxylic acids is 2. The van der Waals surface area contributed by atoms with Crippen LogP contribution in [0.3, 0.4) is 0 Å². The quantitative estimate of drug-likeness (QED) is 0.622. The second kappa shape index (κ2) is 10.8. The van der Waals surface area contributed by atoms with E-state index < -0.39 is 0 Å². The van der Waals surface area contributed by atoms with Crippen LogP contribution < -0.4 is 0 Å². The first-order valence-electron chi connectivity index (χ1n) is 10.2. The van der Waals surface area contributed by atoms with Gasteiger partial charge in [-0.1, -0.05) is 12.1 Å². The van der Waals surface area contributed by atoms with E-state index in [1.807, 2.05) is 23.1 Å². The highest BCUT2D eigenvalue weighted by molar-refractivity contribution is 5.94. The van der Waals surface area contributed by atoms with Crippen molar-refractivity contribution in [1.29, 1.82) is 0 Å². The molecule has 1 amide bonds. The highest BCUT2D eigenvalue weighted by atomic mass is 16.5. The van der Waals surface area contributed by atoms with E-state index in [9.17, 15) is 9.59 Å². The zero-order valence-electron chi connectivity index (χ0n) is 17.6. The molecule has 3 rings (SSSR count). The lowest BCUT2D eigenvalue weighted by Crippen LogP contribution is -2.48. The summed E-state index contributed by atoms with van der Waals surface area (Å²) in [6, 6.07) is 11.3. The molecule has 1 aliphatic heterocycles. The molecule has 0 spiro atoms.